The van der Waals surface area contributed by atoms with Gasteiger partial charge in [0, 0.05) is 10.9 Å². The van der Waals surface area contributed by atoms with Crippen LogP contribution in [0.4, 0.5) is 0 Å². The molecule has 2 aromatic rings. The molecule has 0 aliphatic heterocycles. The summed E-state index contributed by atoms with van der Waals surface area (Å²) in [5.41, 5.74) is 2.67. The second-order valence-corrected chi connectivity index (χ2v) is 3.48. The Bertz CT molecular complexity index is 497. The smallest absolute Gasteiger partial charge is 0.307 e. The molecule has 2 rings (SSSR count). The number of carbonyl (C=O) groups is 1. The lowest BCUT2D eigenvalue weighted by Gasteiger charge is -1.97. The summed E-state index contributed by atoms with van der Waals surface area (Å²) < 4.78 is 5.41. The lowest BCUT2D eigenvalue weighted by molar-refractivity contribution is -0.136. The lowest BCUT2D eigenvalue weighted by Crippen LogP contribution is -1.98. The SMILES string of the molecule is CCc1cccc2c(CC(=O)O)coc12. The fourth-order valence-corrected chi connectivity index (χ4v) is 1.75. The van der Waals surface area contributed by atoms with E-state index in [2.05, 4.69) is 0 Å². The first-order valence-electron chi connectivity index (χ1n) is 4.92. The van der Waals surface area contributed by atoms with Crippen LogP contribution < -0.4 is 0 Å². The van der Waals surface area contributed by atoms with Crippen molar-refractivity contribution in [2.24, 2.45) is 0 Å². The highest BCUT2D eigenvalue weighted by atomic mass is 16.4. The zero-order chi connectivity index (χ0) is 10.8. The molecule has 0 spiro atoms. The van der Waals surface area contributed by atoms with Crippen molar-refractivity contribution in [2.75, 3.05) is 0 Å². The quantitative estimate of drug-likeness (QED) is 0.836. The number of hydrogen-bond acceptors (Lipinski definition) is 2. The predicted octanol–water partition coefficient (Wildman–Crippen LogP) is 2.62. The highest BCUT2D eigenvalue weighted by Gasteiger charge is 2.10. The van der Waals surface area contributed by atoms with E-state index in [-0.39, 0.29) is 6.42 Å². The Hall–Kier alpha value is -1.77. The Kier molecular flexibility index (Phi) is 2.46. The van der Waals surface area contributed by atoms with Crippen LogP contribution in [0.15, 0.2) is 28.9 Å². The van der Waals surface area contributed by atoms with E-state index in [0.29, 0.717) is 0 Å². The van der Waals surface area contributed by atoms with Crippen LogP contribution >= 0.6 is 0 Å². The van der Waals surface area contributed by atoms with Gasteiger partial charge in [-0.3, -0.25) is 4.79 Å². The Morgan fingerprint density at radius 2 is 2.20 bits per heavy atom. The standard InChI is InChI=1S/C12H12O3/c1-2-8-4-3-5-10-9(6-11(13)14)7-15-12(8)10/h3-5,7H,2,6H2,1H3,(H,13,14). The van der Waals surface area contributed by atoms with Crippen molar-refractivity contribution in [1.29, 1.82) is 0 Å². The van der Waals surface area contributed by atoms with Crippen LogP contribution in [-0.4, -0.2) is 11.1 Å². The molecule has 1 aromatic carbocycles. The number of carboxylic acid groups (broad SMARTS) is 1. The molecule has 0 unspecified atom stereocenters. The Morgan fingerprint density at radius 3 is 2.87 bits per heavy atom. The summed E-state index contributed by atoms with van der Waals surface area (Å²) in [6, 6.07) is 5.83. The zero-order valence-corrected chi connectivity index (χ0v) is 8.49. The second-order valence-electron chi connectivity index (χ2n) is 3.48. The Labute approximate surface area is 87.3 Å². The molecule has 78 valence electrons. The molecule has 0 aliphatic rings. The van der Waals surface area contributed by atoms with Gasteiger partial charge in [-0.1, -0.05) is 25.1 Å². The van der Waals surface area contributed by atoms with Crippen LogP contribution in [-0.2, 0) is 17.6 Å². The maximum Gasteiger partial charge on any atom is 0.307 e. The molecule has 0 fully saturated rings. The van der Waals surface area contributed by atoms with E-state index in [4.69, 9.17) is 9.52 Å². The fourth-order valence-electron chi connectivity index (χ4n) is 1.75. The van der Waals surface area contributed by atoms with Crippen LogP contribution in [0.2, 0.25) is 0 Å². The van der Waals surface area contributed by atoms with E-state index in [1.807, 2.05) is 25.1 Å². The summed E-state index contributed by atoms with van der Waals surface area (Å²) in [6.45, 7) is 2.05. The van der Waals surface area contributed by atoms with Crippen molar-refractivity contribution in [3.05, 3.63) is 35.6 Å². The van der Waals surface area contributed by atoms with Crippen LogP contribution in [0.25, 0.3) is 11.0 Å². The van der Waals surface area contributed by atoms with Crippen molar-refractivity contribution < 1.29 is 14.3 Å². The first-order valence-corrected chi connectivity index (χ1v) is 4.92. The first-order chi connectivity index (χ1) is 7.22. The summed E-state index contributed by atoms with van der Waals surface area (Å²) in [4.78, 5) is 10.6. The molecule has 0 atom stereocenters. The number of aryl methyl sites for hydroxylation is 1. The average molecular weight is 204 g/mol. The van der Waals surface area contributed by atoms with Gasteiger partial charge in [0.1, 0.15) is 5.58 Å². The van der Waals surface area contributed by atoms with Gasteiger partial charge < -0.3 is 9.52 Å². The Balaban J connectivity index is 2.55. The van der Waals surface area contributed by atoms with Crippen molar-refractivity contribution in [2.45, 2.75) is 19.8 Å². The van der Waals surface area contributed by atoms with Crippen LogP contribution in [0.1, 0.15) is 18.1 Å². The van der Waals surface area contributed by atoms with Gasteiger partial charge in [0.2, 0.25) is 0 Å². The van der Waals surface area contributed by atoms with Gasteiger partial charge in [-0.25, -0.2) is 0 Å². The van der Waals surface area contributed by atoms with E-state index in [1.54, 1.807) is 0 Å². The highest BCUT2D eigenvalue weighted by molar-refractivity contribution is 5.87. The van der Waals surface area contributed by atoms with Crippen molar-refractivity contribution in [1.82, 2.24) is 0 Å². The topological polar surface area (TPSA) is 50.4 Å². The number of fused-ring (bicyclic) bond motifs is 1. The molecule has 0 aliphatic carbocycles. The van der Waals surface area contributed by atoms with Crippen molar-refractivity contribution >= 4 is 16.9 Å². The summed E-state index contributed by atoms with van der Waals surface area (Å²) in [7, 11) is 0. The van der Waals surface area contributed by atoms with E-state index >= 15 is 0 Å². The molecule has 15 heavy (non-hydrogen) atoms. The van der Waals surface area contributed by atoms with Crippen LogP contribution in [0, 0.1) is 0 Å². The third-order valence-electron chi connectivity index (χ3n) is 2.48. The predicted molar refractivity (Wildman–Crippen MR) is 56.9 cm³/mol. The summed E-state index contributed by atoms with van der Waals surface area (Å²) >= 11 is 0. The van der Waals surface area contributed by atoms with E-state index in [9.17, 15) is 4.79 Å². The third kappa shape index (κ3) is 1.73. The summed E-state index contributed by atoms with van der Waals surface area (Å²) in [5.74, 6) is -0.834. The normalized spacial score (nSPS) is 10.7. The Morgan fingerprint density at radius 1 is 1.40 bits per heavy atom. The molecule has 0 saturated heterocycles. The molecule has 3 heteroatoms. The van der Waals surface area contributed by atoms with Crippen molar-refractivity contribution in [3.8, 4) is 0 Å². The number of rotatable bonds is 3. The van der Waals surface area contributed by atoms with Gasteiger partial charge in [-0.05, 0) is 12.0 Å². The molecule has 1 heterocycles. The molecule has 3 nitrogen and oxygen atoms in total. The van der Waals surface area contributed by atoms with Gasteiger partial charge in [0.25, 0.3) is 0 Å². The number of furan rings is 1. The maximum atomic E-state index is 10.6. The molecule has 1 N–H and O–H groups in total. The molecular formula is C12H12O3. The minimum Gasteiger partial charge on any atom is -0.481 e. The zero-order valence-electron chi connectivity index (χ0n) is 8.49. The fraction of sp³-hybridized carbons (Fsp3) is 0.250. The average Bonchev–Trinajstić information content (AvgIpc) is 2.61. The summed E-state index contributed by atoms with van der Waals surface area (Å²) in [6.07, 6.45) is 2.44. The van der Waals surface area contributed by atoms with Gasteiger partial charge in [-0.2, -0.15) is 0 Å². The molecule has 0 radical (unpaired) electrons. The van der Waals surface area contributed by atoms with Crippen LogP contribution in [0.5, 0.6) is 0 Å². The number of para-hydroxylation sites is 1. The van der Waals surface area contributed by atoms with Crippen molar-refractivity contribution in [3.63, 3.8) is 0 Å². The molecular weight excluding hydrogens is 192 g/mol. The number of benzene rings is 1. The maximum absolute atomic E-state index is 10.6. The van der Waals surface area contributed by atoms with Crippen LogP contribution in [0.3, 0.4) is 0 Å². The second kappa shape index (κ2) is 3.77. The summed E-state index contributed by atoms with van der Waals surface area (Å²) in [5, 5.41) is 9.64. The van der Waals surface area contributed by atoms with E-state index < -0.39 is 5.97 Å². The number of carboxylic acids is 1. The minimum atomic E-state index is -0.834. The molecule has 0 amide bonds. The third-order valence-corrected chi connectivity index (χ3v) is 2.48. The number of aliphatic carboxylic acids is 1. The minimum absolute atomic E-state index is 0.0141. The molecule has 1 aromatic heterocycles. The van der Waals surface area contributed by atoms with Gasteiger partial charge in [0.15, 0.2) is 0 Å². The van der Waals surface area contributed by atoms with Gasteiger partial charge >= 0.3 is 5.97 Å². The highest BCUT2D eigenvalue weighted by Crippen LogP contribution is 2.25. The van der Waals surface area contributed by atoms with E-state index in [0.717, 1.165) is 28.5 Å². The largest absolute Gasteiger partial charge is 0.481 e. The van der Waals surface area contributed by atoms with Gasteiger partial charge in [-0.15, -0.1) is 0 Å². The lowest BCUT2D eigenvalue weighted by atomic mass is 10.1. The monoisotopic (exact) mass is 204 g/mol. The number of hydrogen-bond donors (Lipinski definition) is 1. The molecule has 0 saturated carbocycles. The van der Waals surface area contributed by atoms with E-state index in [1.165, 1.54) is 6.26 Å². The first kappa shape index (κ1) is 9.77. The van der Waals surface area contributed by atoms with Gasteiger partial charge in [0.05, 0.1) is 12.7 Å². The molecule has 0 bridgehead atoms.